The lowest BCUT2D eigenvalue weighted by atomic mass is 10.1. The fourth-order valence-electron chi connectivity index (χ4n) is 2.32. The molecule has 1 fully saturated rings. The molecule has 1 aliphatic rings. The van der Waals surface area contributed by atoms with Crippen molar-refractivity contribution in [2.24, 2.45) is 0 Å². The van der Waals surface area contributed by atoms with Gasteiger partial charge in [0.05, 0.1) is 12.1 Å². The molecule has 0 saturated carbocycles. The maximum atomic E-state index is 11.8. The van der Waals surface area contributed by atoms with E-state index in [1.165, 1.54) is 0 Å². The first-order valence-electron chi connectivity index (χ1n) is 7.04. The summed E-state index contributed by atoms with van der Waals surface area (Å²) >= 11 is 0. The van der Waals surface area contributed by atoms with Crippen LogP contribution >= 0.6 is 0 Å². The minimum absolute atomic E-state index is 0.0819. The molecule has 1 aromatic rings. The number of allylic oxidation sites excluding steroid dienone is 1. The van der Waals surface area contributed by atoms with Crippen LogP contribution in [0.5, 0.6) is 0 Å². The zero-order valence-corrected chi connectivity index (χ0v) is 11.8. The molecule has 20 heavy (non-hydrogen) atoms. The molecule has 1 heterocycles. The van der Waals surface area contributed by atoms with Gasteiger partial charge < -0.3 is 15.4 Å². The quantitative estimate of drug-likeness (QED) is 0.828. The highest BCUT2D eigenvalue weighted by atomic mass is 16.5. The van der Waals surface area contributed by atoms with E-state index in [9.17, 15) is 4.79 Å². The number of ether oxygens (including phenoxy) is 1. The highest BCUT2D eigenvalue weighted by molar-refractivity contribution is 5.76. The molecule has 0 radical (unpaired) electrons. The van der Waals surface area contributed by atoms with Crippen LogP contribution in [0.15, 0.2) is 36.4 Å². The van der Waals surface area contributed by atoms with Crippen LogP contribution in [0.3, 0.4) is 0 Å². The Morgan fingerprint density at radius 2 is 2.20 bits per heavy atom. The number of nitrogens with one attached hydrogen (secondary N) is 2. The Balaban J connectivity index is 1.69. The average molecular weight is 274 g/mol. The molecule has 2 rings (SSSR count). The van der Waals surface area contributed by atoms with Crippen LogP contribution in [-0.2, 0) is 9.53 Å². The molecule has 2 N–H and O–H groups in total. The van der Waals surface area contributed by atoms with Crippen molar-refractivity contribution < 1.29 is 9.53 Å². The van der Waals surface area contributed by atoms with E-state index in [0.717, 1.165) is 25.1 Å². The Morgan fingerprint density at radius 3 is 2.95 bits per heavy atom. The first-order valence-corrected chi connectivity index (χ1v) is 7.04. The standard InChI is InChI=1S/C16H22N2O2/c1-20-15-12-17-11-14(15)18-16(19)10-6-5-9-13-7-3-2-4-8-13/h2-5,7-9,14-15,17H,6,10-12H2,1H3,(H,18,19)/b9-5+/t14?,15-/m0/s1. The molecular weight excluding hydrogens is 252 g/mol. The van der Waals surface area contributed by atoms with Crippen LogP contribution in [0.4, 0.5) is 0 Å². The zero-order valence-electron chi connectivity index (χ0n) is 11.8. The minimum atomic E-state index is 0.0819. The van der Waals surface area contributed by atoms with Crippen LogP contribution in [0.1, 0.15) is 18.4 Å². The average Bonchev–Trinajstić information content (AvgIpc) is 2.92. The van der Waals surface area contributed by atoms with Crippen LogP contribution in [0.25, 0.3) is 6.08 Å². The van der Waals surface area contributed by atoms with Crippen molar-refractivity contribution in [2.75, 3.05) is 20.2 Å². The first-order chi connectivity index (χ1) is 9.79. The summed E-state index contributed by atoms with van der Waals surface area (Å²) in [7, 11) is 1.68. The van der Waals surface area contributed by atoms with Crippen molar-refractivity contribution in [1.82, 2.24) is 10.6 Å². The normalized spacial score (nSPS) is 22.2. The molecule has 2 atom stereocenters. The molecule has 1 saturated heterocycles. The summed E-state index contributed by atoms with van der Waals surface area (Å²) in [6.07, 6.45) is 5.42. The lowest BCUT2D eigenvalue weighted by molar-refractivity contribution is -0.122. The third kappa shape index (κ3) is 4.47. The predicted octanol–water partition coefficient (Wildman–Crippen LogP) is 1.58. The number of carbonyl (C=O) groups is 1. The van der Waals surface area contributed by atoms with Gasteiger partial charge in [0.1, 0.15) is 0 Å². The summed E-state index contributed by atoms with van der Waals surface area (Å²) < 4.78 is 5.32. The SMILES string of the molecule is CO[C@H]1CNCC1NC(=O)CC/C=C/c1ccccc1. The van der Waals surface area contributed by atoms with Gasteiger partial charge in [-0.15, -0.1) is 0 Å². The number of hydrogen-bond donors (Lipinski definition) is 2. The highest BCUT2D eigenvalue weighted by Gasteiger charge is 2.27. The van der Waals surface area contributed by atoms with Gasteiger partial charge in [0.25, 0.3) is 0 Å². The fourth-order valence-corrected chi connectivity index (χ4v) is 2.32. The van der Waals surface area contributed by atoms with E-state index >= 15 is 0 Å². The maximum Gasteiger partial charge on any atom is 0.220 e. The van der Waals surface area contributed by atoms with Crippen molar-refractivity contribution in [3.05, 3.63) is 42.0 Å². The summed E-state index contributed by atoms with van der Waals surface area (Å²) in [5, 5.41) is 6.23. The Bertz CT molecular complexity index is 445. The van der Waals surface area contributed by atoms with Crippen molar-refractivity contribution in [2.45, 2.75) is 25.0 Å². The Morgan fingerprint density at radius 1 is 1.40 bits per heavy atom. The molecule has 1 unspecified atom stereocenters. The lowest BCUT2D eigenvalue weighted by Crippen LogP contribution is -2.43. The van der Waals surface area contributed by atoms with E-state index in [4.69, 9.17) is 4.74 Å². The smallest absolute Gasteiger partial charge is 0.220 e. The van der Waals surface area contributed by atoms with Crippen molar-refractivity contribution in [3.63, 3.8) is 0 Å². The molecule has 0 aromatic heterocycles. The van der Waals surface area contributed by atoms with E-state index < -0.39 is 0 Å². The van der Waals surface area contributed by atoms with Gasteiger partial charge in [0.15, 0.2) is 0 Å². The van der Waals surface area contributed by atoms with Crippen LogP contribution in [0.2, 0.25) is 0 Å². The van der Waals surface area contributed by atoms with Crippen molar-refractivity contribution in [1.29, 1.82) is 0 Å². The largest absolute Gasteiger partial charge is 0.378 e. The number of benzene rings is 1. The summed E-state index contributed by atoms with van der Waals surface area (Å²) in [5.41, 5.74) is 1.16. The van der Waals surface area contributed by atoms with Crippen LogP contribution < -0.4 is 10.6 Å². The molecule has 4 nitrogen and oxygen atoms in total. The summed E-state index contributed by atoms with van der Waals surface area (Å²) in [4.78, 5) is 11.8. The van der Waals surface area contributed by atoms with E-state index in [1.807, 2.05) is 42.5 Å². The molecule has 1 aromatic carbocycles. The maximum absolute atomic E-state index is 11.8. The monoisotopic (exact) mass is 274 g/mol. The second-order valence-corrected chi connectivity index (χ2v) is 4.96. The van der Waals surface area contributed by atoms with Crippen molar-refractivity contribution in [3.8, 4) is 0 Å². The zero-order chi connectivity index (χ0) is 14.2. The van der Waals surface area contributed by atoms with Crippen LogP contribution in [-0.4, -0.2) is 38.3 Å². The molecule has 1 aliphatic heterocycles. The number of amides is 1. The Kier molecular flexibility index (Phi) is 5.77. The third-order valence-corrected chi connectivity index (χ3v) is 3.46. The number of carbonyl (C=O) groups excluding carboxylic acids is 1. The van der Waals surface area contributed by atoms with E-state index in [-0.39, 0.29) is 18.1 Å². The molecular formula is C16H22N2O2. The van der Waals surface area contributed by atoms with E-state index in [2.05, 4.69) is 10.6 Å². The van der Waals surface area contributed by atoms with Crippen LogP contribution in [0, 0.1) is 0 Å². The first kappa shape index (κ1) is 14.8. The number of rotatable bonds is 6. The highest BCUT2D eigenvalue weighted by Crippen LogP contribution is 2.06. The molecule has 0 bridgehead atoms. The van der Waals surface area contributed by atoms with Gasteiger partial charge in [-0.05, 0) is 12.0 Å². The van der Waals surface area contributed by atoms with Gasteiger partial charge in [-0.1, -0.05) is 42.5 Å². The van der Waals surface area contributed by atoms with Crippen molar-refractivity contribution >= 4 is 12.0 Å². The number of hydrogen-bond acceptors (Lipinski definition) is 3. The molecule has 0 aliphatic carbocycles. The summed E-state index contributed by atoms with van der Waals surface area (Å²) in [6.45, 7) is 1.58. The number of methoxy groups -OCH3 is 1. The summed E-state index contributed by atoms with van der Waals surface area (Å²) in [6, 6.07) is 10.2. The second-order valence-electron chi connectivity index (χ2n) is 4.96. The molecule has 4 heteroatoms. The van der Waals surface area contributed by atoms with Gasteiger partial charge >= 0.3 is 0 Å². The fraction of sp³-hybridized carbons (Fsp3) is 0.438. The Hall–Kier alpha value is -1.65. The van der Waals surface area contributed by atoms with E-state index in [1.54, 1.807) is 7.11 Å². The van der Waals surface area contributed by atoms with Gasteiger partial charge in [-0.2, -0.15) is 0 Å². The third-order valence-electron chi connectivity index (χ3n) is 3.46. The Labute approximate surface area is 120 Å². The second kappa shape index (κ2) is 7.82. The summed E-state index contributed by atoms with van der Waals surface area (Å²) in [5.74, 6) is 0.0819. The van der Waals surface area contributed by atoms with Gasteiger partial charge in [-0.3, -0.25) is 4.79 Å². The van der Waals surface area contributed by atoms with Gasteiger partial charge in [0.2, 0.25) is 5.91 Å². The lowest BCUT2D eigenvalue weighted by Gasteiger charge is -2.18. The molecule has 1 amide bonds. The van der Waals surface area contributed by atoms with Gasteiger partial charge in [-0.25, -0.2) is 0 Å². The predicted molar refractivity (Wildman–Crippen MR) is 80.3 cm³/mol. The topological polar surface area (TPSA) is 50.4 Å². The van der Waals surface area contributed by atoms with E-state index in [0.29, 0.717) is 6.42 Å². The molecule has 0 spiro atoms. The van der Waals surface area contributed by atoms with Gasteiger partial charge in [0, 0.05) is 26.6 Å². The molecule has 108 valence electrons. The minimum Gasteiger partial charge on any atom is -0.378 e.